The minimum Gasteiger partial charge on any atom is -0.337 e. The summed E-state index contributed by atoms with van der Waals surface area (Å²) < 4.78 is 2.11. The zero-order valence-corrected chi connectivity index (χ0v) is 15.8. The molecular formula is C20H29ClN4. The van der Waals surface area contributed by atoms with E-state index in [1.165, 1.54) is 31.2 Å². The van der Waals surface area contributed by atoms with Gasteiger partial charge in [0.2, 0.25) is 0 Å². The molecule has 0 atom stereocenters. The van der Waals surface area contributed by atoms with Crippen LogP contribution in [0.1, 0.15) is 37.1 Å². The molecule has 4 nitrogen and oxygen atoms in total. The molecule has 1 aliphatic carbocycles. The molecule has 1 heterocycles. The number of imidazole rings is 1. The van der Waals surface area contributed by atoms with Crippen LogP contribution in [0.15, 0.2) is 36.7 Å². The van der Waals surface area contributed by atoms with Gasteiger partial charge in [0.1, 0.15) is 5.82 Å². The molecule has 1 fully saturated rings. The fourth-order valence-corrected chi connectivity index (χ4v) is 3.92. The quantitative estimate of drug-likeness (QED) is 0.816. The van der Waals surface area contributed by atoms with Crippen molar-refractivity contribution in [1.29, 1.82) is 0 Å². The summed E-state index contributed by atoms with van der Waals surface area (Å²) in [5, 5.41) is 0.791. The highest BCUT2D eigenvalue weighted by atomic mass is 35.5. The summed E-state index contributed by atoms with van der Waals surface area (Å²) >= 11 is 6.03. The molecule has 25 heavy (non-hydrogen) atoms. The highest BCUT2D eigenvalue weighted by Gasteiger charge is 2.23. The summed E-state index contributed by atoms with van der Waals surface area (Å²) in [6.07, 6.45) is 9.03. The minimum absolute atomic E-state index is 0.732. The van der Waals surface area contributed by atoms with Gasteiger partial charge in [-0.25, -0.2) is 4.98 Å². The molecule has 0 unspecified atom stereocenters. The third-order valence-electron chi connectivity index (χ3n) is 5.42. The van der Waals surface area contributed by atoms with Crippen LogP contribution in [0.3, 0.4) is 0 Å². The fourth-order valence-electron chi connectivity index (χ4n) is 3.80. The molecule has 0 bridgehead atoms. The van der Waals surface area contributed by atoms with Gasteiger partial charge in [-0.3, -0.25) is 4.90 Å². The van der Waals surface area contributed by atoms with Crippen LogP contribution >= 0.6 is 11.6 Å². The Morgan fingerprint density at radius 2 is 1.80 bits per heavy atom. The second kappa shape index (κ2) is 8.84. The number of aromatic nitrogens is 2. The Morgan fingerprint density at radius 1 is 1.12 bits per heavy atom. The molecule has 0 aliphatic heterocycles. The van der Waals surface area contributed by atoms with Gasteiger partial charge < -0.3 is 10.3 Å². The van der Waals surface area contributed by atoms with E-state index in [-0.39, 0.29) is 0 Å². The van der Waals surface area contributed by atoms with Crippen LogP contribution in [0.2, 0.25) is 5.02 Å². The summed E-state index contributed by atoms with van der Waals surface area (Å²) in [7, 11) is 2.06. The number of hydrogen-bond donors (Lipinski definition) is 1. The lowest BCUT2D eigenvalue weighted by molar-refractivity contribution is 0.166. The zero-order chi connectivity index (χ0) is 17.6. The molecule has 0 amide bonds. The summed E-state index contributed by atoms with van der Waals surface area (Å²) in [6, 6.07) is 8.20. The molecule has 1 saturated carbocycles. The second-order valence-corrected chi connectivity index (χ2v) is 7.81. The SMILES string of the molecule is Cn1ccnc1CN(Cc1ccc(Cl)cc1)CC1CCC(CN)CC1. The first-order valence-electron chi connectivity index (χ1n) is 9.27. The molecule has 2 aromatic rings. The van der Waals surface area contributed by atoms with Crippen LogP contribution in [-0.4, -0.2) is 27.5 Å². The molecular weight excluding hydrogens is 332 g/mol. The van der Waals surface area contributed by atoms with E-state index >= 15 is 0 Å². The summed E-state index contributed by atoms with van der Waals surface area (Å²) in [4.78, 5) is 7.04. The second-order valence-electron chi connectivity index (χ2n) is 7.37. The largest absolute Gasteiger partial charge is 0.337 e. The smallest absolute Gasteiger partial charge is 0.122 e. The number of aryl methyl sites for hydroxylation is 1. The lowest BCUT2D eigenvalue weighted by atomic mass is 9.82. The Hall–Kier alpha value is -1.36. The maximum atomic E-state index is 6.03. The molecule has 136 valence electrons. The molecule has 0 radical (unpaired) electrons. The van der Waals surface area contributed by atoms with Gasteiger partial charge in [0, 0.05) is 37.6 Å². The predicted molar refractivity (Wildman–Crippen MR) is 103 cm³/mol. The van der Waals surface area contributed by atoms with Gasteiger partial charge in [-0.05, 0) is 61.8 Å². The highest BCUT2D eigenvalue weighted by molar-refractivity contribution is 6.30. The van der Waals surface area contributed by atoms with Gasteiger partial charge in [-0.1, -0.05) is 23.7 Å². The topological polar surface area (TPSA) is 47.1 Å². The first kappa shape index (κ1) is 18.4. The van der Waals surface area contributed by atoms with E-state index in [2.05, 4.69) is 33.6 Å². The maximum absolute atomic E-state index is 6.03. The lowest BCUT2D eigenvalue weighted by Gasteiger charge is -2.32. The van der Waals surface area contributed by atoms with E-state index in [1.807, 2.05) is 24.5 Å². The third-order valence-corrected chi connectivity index (χ3v) is 5.67. The van der Waals surface area contributed by atoms with Crippen LogP contribution < -0.4 is 5.73 Å². The average molecular weight is 361 g/mol. The summed E-state index contributed by atoms with van der Waals surface area (Å²) in [5.74, 6) is 2.61. The molecule has 1 aromatic carbocycles. The van der Waals surface area contributed by atoms with Gasteiger partial charge in [-0.15, -0.1) is 0 Å². The number of benzene rings is 1. The van der Waals surface area contributed by atoms with Crippen molar-refractivity contribution in [1.82, 2.24) is 14.5 Å². The minimum atomic E-state index is 0.732. The molecule has 2 N–H and O–H groups in total. The molecule has 0 saturated heterocycles. The number of nitrogens with zero attached hydrogens (tertiary/aromatic N) is 3. The van der Waals surface area contributed by atoms with Crippen molar-refractivity contribution < 1.29 is 0 Å². The van der Waals surface area contributed by atoms with E-state index in [4.69, 9.17) is 17.3 Å². The monoisotopic (exact) mass is 360 g/mol. The third kappa shape index (κ3) is 5.30. The van der Waals surface area contributed by atoms with Gasteiger partial charge in [0.05, 0.1) is 6.54 Å². The lowest BCUT2D eigenvalue weighted by Crippen LogP contribution is -2.32. The van der Waals surface area contributed by atoms with E-state index in [0.29, 0.717) is 0 Å². The van der Waals surface area contributed by atoms with E-state index in [9.17, 15) is 0 Å². The van der Waals surface area contributed by atoms with Gasteiger partial charge in [0.15, 0.2) is 0 Å². The van der Waals surface area contributed by atoms with Gasteiger partial charge >= 0.3 is 0 Å². The van der Waals surface area contributed by atoms with E-state index in [1.54, 1.807) is 0 Å². The van der Waals surface area contributed by atoms with E-state index in [0.717, 1.165) is 48.9 Å². The van der Waals surface area contributed by atoms with Crippen molar-refractivity contribution in [3.05, 3.63) is 53.1 Å². The first-order valence-corrected chi connectivity index (χ1v) is 9.65. The van der Waals surface area contributed by atoms with Crippen LogP contribution in [0.5, 0.6) is 0 Å². The van der Waals surface area contributed by atoms with Crippen LogP contribution in [0.25, 0.3) is 0 Å². The molecule has 1 aliphatic rings. The maximum Gasteiger partial charge on any atom is 0.122 e. The van der Waals surface area contributed by atoms with Crippen molar-refractivity contribution in [2.24, 2.45) is 24.6 Å². The Kier molecular flexibility index (Phi) is 6.51. The predicted octanol–water partition coefficient (Wildman–Crippen LogP) is 3.84. The van der Waals surface area contributed by atoms with Crippen molar-refractivity contribution in [2.75, 3.05) is 13.1 Å². The van der Waals surface area contributed by atoms with Crippen molar-refractivity contribution >= 4 is 11.6 Å². The number of rotatable bonds is 7. The number of halogens is 1. The first-order chi connectivity index (χ1) is 12.1. The average Bonchev–Trinajstić information content (AvgIpc) is 3.02. The number of hydrogen-bond acceptors (Lipinski definition) is 3. The van der Waals surface area contributed by atoms with Crippen LogP contribution in [0.4, 0.5) is 0 Å². The molecule has 3 rings (SSSR count). The Balaban J connectivity index is 1.65. The van der Waals surface area contributed by atoms with Gasteiger partial charge in [0.25, 0.3) is 0 Å². The van der Waals surface area contributed by atoms with E-state index < -0.39 is 0 Å². The fraction of sp³-hybridized carbons (Fsp3) is 0.550. The Bertz CT molecular complexity index is 644. The van der Waals surface area contributed by atoms with Crippen molar-refractivity contribution in [3.8, 4) is 0 Å². The van der Waals surface area contributed by atoms with Crippen molar-refractivity contribution in [2.45, 2.75) is 38.8 Å². The zero-order valence-electron chi connectivity index (χ0n) is 15.1. The standard InChI is InChI=1S/C20H29ClN4/c1-24-11-10-23-20(24)15-25(14-18-6-8-19(21)9-7-18)13-17-4-2-16(12-22)3-5-17/h6-11,16-17H,2-5,12-15,22H2,1H3. The molecule has 5 heteroatoms. The van der Waals surface area contributed by atoms with Crippen molar-refractivity contribution in [3.63, 3.8) is 0 Å². The van der Waals surface area contributed by atoms with Gasteiger partial charge in [-0.2, -0.15) is 0 Å². The molecule has 1 aromatic heterocycles. The molecule has 0 spiro atoms. The highest BCUT2D eigenvalue weighted by Crippen LogP contribution is 2.29. The summed E-state index contributed by atoms with van der Waals surface area (Å²) in [5.41, 5.74) is 7.14. The summed E-state index contributed by atoms with van der Waals surface area (Å²) in [6.45, 7) is 3.77. The van der Waals surface area contributed by atoms with Crippen LogP contribution in [-0.2, 0) is 20.1 Å². The number of nitrogens with two attached hydrogens (primary N) is 1. The normalized spacial score (nSPS) is 21.0. The Labute approximate surface area is 156 Å². The Morgan fingerprint density at radius 3 is 2.40 bits per heavy atom. The van der Waals surface area contributed by atoms with Crippen LogP contribution in [0, 0.1) is 11.8 Å².